The van der Waals surface area contributed by atoms with E-state index in [9.17, 15) is 14.7 Å². The van der Waals surface area contributed by atoms with Crippen LogP contribution in [-0.2, 0) is 7.05 Å². The maximum absolute atomic E-state index is 12.6. The van der Waals surface area contributed by atoms with Gasteiger partial charge >= 0.3 is 6.09 Å². The number of piperazine rings is 1. The zero-order valence-electron chi connectivity index (χ0n) is 12.2. The Labute approximate surface area is 127 Å². The number of carbonyl (C=O) groups excluding carboxylic acids is 1. The molecular formula is C15H17N3O4. The third-order valence-corrected chi connectivity index (χ3v) is 4.09. The van der Waals surface area contributed by atoms with E-state index in [4.69, 9.17) is 5.11 Å². The van der Waals surface area contributed by atoms with Crippen molar-refractivity contribution in [2.75, 3.05) is 26.2 Å². The lowest BCUT2D eigenvalue weighted by molar-refractivity contribution is 0.0616. The summed E-state index contributed by atoms with van der Waals surface area (Å²) in [6.45, 7) is 1.42. The van der Waals surface area contributed by atoms with Gasteiger partial charge in [0.2, 0.25) is 0 Å². The minimum atomic E-state index is -0.952. The van der Waals surface area contributed by atoms with E-state index in [2.05, 4.69) is 0 Å². The zero-order chi connectivity index (χ0) is 15.9. The summed E-state index contributed by atoms with van der Waals surface area (Å²) in [4.78, 5) is 26.5. The van der Waals surface area contributed by atoms with Gasteiger partial charge in [-0.3, -0.25) is 4.79 Å². The number of hydrogen-bond acceptors (Lipinski definition) is 3. The summed E-state index contributed by atoms with van der Waals surface area (Å²) in [5.74, 6) is 0.0333. The normalized spacial score (nSPS) is 15.3. The molecule has 2 N–H and O–H groups in total. The molecule has 1 aliphatic rings. The fourth-order valence-corrected chi connectivity index (χ4v) is 2.79. The van der Waals surface area contributed by atoms with Gasteiger partial charge in [0.05, 0.1) is 5.52 Å². The van der Waals surface area contributed by atoms with Crippen molar-refractivity contribution in [3.05, 3.63) is 30.0 Å². The lowest BCUT2D eigenvalue weighted by Gasteiger charge is -2.33. The molecule has 22 heavy (non-hydrogen) atoms. The van der Waals surface area contributed by atoms with Crippen LogP contribution in [0.25, 0.3) is 10.9 Å². The highest BCUT2D eigenvalue weighted by molar-refractivity contribution is 5.99. The summed E-state index contributed by atoms with van der Waals surface area (Å²) in [6.07, 6.45) is -0.952. The Kier molecular flexibility index (Phi) is 3.40. The highest BCUT2D eigenvalue weighted by atomic mass is 16.4. The molecule has 1 saturated heterocycles. The Balaban J connectivity index is 1.84. The molecule has 2 aromatic rings. The van der Waals surface area contributed by atoms with Crippen LogP contribution in [0.1, 0.15) is 10.5 Å². The van der Waals surface area contributed by atoms with Crippen LogP contribution in [0.3, 0.4) is 0 Å². The summed E-state index contributed by atoms with van der Waals surface area (Å²) in [7, 11) is 1.78. The molecular weight excluding hydrogens is 286 g/mol. The van der Waals surface area contributed by atoms with Gasteiger partial charge in [-0.15, -0.1) is 0 Å². The van der Waals surface area contributed by atoms with Gasteiger partial charge in [-0.1, -0.05) is 0 Å². The lowest BCUT2D eigenvalue weighted by atomic mass is 10.2. The van der Waals surface area contributed by atoms with Crippen molar-refractivity contribution in [1.82, 2.24) is 14.4 Å². The number of hydrogen-bond donors (Lipinski definition) is 2. The van der Waals surface area contributed by atoms with Gasteiger partial charge in [0, 0.05) is 44.7 Å². The number of phenolic OH excluding ortho intramolecular Hbond substituents is 1. The molecule has 2 amide bonds. The van der Waals surface area contributed by atoms with Crippen molar-refractivity contribution >= 4 is 22.9 Å². The smallest absolute Gasteiger partial charge is 0.407 e. The fourth-order valence-electron chi connectivity index (χ4n) is 2.79. The van der Waals surface area contributed by atoms with Gasteiger partial charge in [-0.2, -0.15) is 0 Å². The zero-order valence-corrected chi connectivity index (χ0v) is 12.2. The van der Waals surface area contributed by atoms with Gasteiger partial charge in [0.1, 0.15) is 11.4 Å². The molecule has 0 unspecified atom stereocenters. The molecule has 3 rings (SSSR count). The van der Waals surface area contributed by atoms with Crippen LogP contribution < -0.4 is 0 Å². The second-order valence-corrected chi connectivity index (χ2v) is 5.39. The Hall–Kier alpha value is -2.70. The maximum atomic E-state index is 12.6. The largest absolute Gasteiger partial charge is 0.508 e. The molecule has 1 aliphatic heterocycles. The molecule has 1 aromatic carbocycles. The average molecular weight is 303 g/mol. The van der Waals surface area contributed by atoms with Crippen LogP contribution in [0.5, 0.6) is 5.75 Å². The quantitative estimate of drug-likeness (QED) is 0.832. The summed E-state index contributed by atoms with van der Waals surface area (Å²) in [6, 6.07) is 6.77. The summed E-state index contributed by atoms with van der Waals surface area (Å²) in [5, 5.41) is 19.4. The van der Waals surface area contributed by atoms with Crippen molar-refractivity contribution < 1.29 is 19.8 Å². The molecule has 1 aromatic heterocycles. The van der Waals surface area contributed by atoms with E-state index in [0.29, 0.717) is 31.9 Å². The highest BCUT2D eigenvalue weighted by Gasteiger charge is 2.26. The van der Waals surface area contributed by atoms with Crippen molar-refractivity contribution in [1.29, 1.82) is 0 Å². The number of carboxylic acid groups (broad SMARTS) is 1. The first kappa shape index (κ1) is 14.2. The Morgan fingerprint density at radius 2 is 1.68 bits per heavy atom. The molecule has 0 saturated carbocycles. The molecule has 2 heterocycles. The molecule has 0 aliphatic carbocycles. The van der Waals surface area contributed by atoms with E-state index in [-0.39, 0.29) is 11.7 Å². The van der Waals surface area contributed by atoms with Crippen LogP contribution in [0.4, 0.5) is 4.79 Å². The maximum Gasteiger partial charge on any atom is 0.407 e. The monoisotopic (exact) mass is 303 g/mol. The van der Waals surface area contributed by atoms with Crippen molar-refractivity contribution in [2.24, 2.45) is 7.05 Å². The first-order chi connectivity index (χ1) is 10.5. The number of phenols is 1. The number of nitrogens with zero attached hydrogens (tertiary/aromatic N) is 3. The topological polar surface area (TPSA) is 86.0 Å². The first-order valence-electron chi connectivity index (χ1n) is 7.03. The van der Waals surface area contributed by atoms with E-state index in [1.54, 1.807) is 40.8 Å². The van der Waals surface area contributed by atoms with Gasteiger partial charge < -0.3 is 24.6 Å². The minimum absolute atomic E-state index is 0.122. The van der Waals surface area contributed by atoms with Crippen LogP contribution in [0.2, 0.25) is 0 Å². The average Bonchev–Trinajstić information content (AvgIpc) is 2.83. The molecule has 0 radical (unpaired) electrons. The molecule has 116 valence electrons. The first-order valence-corrected chi connectivity index (χ1v) is 7.03. The Bertz CT molecular complexity index is 745. The SMILES string of the molecule is Cn1c(C(=O)N2CCN(C(=O)O)CC2)cc2ccc(O)cc21. The summed E-state index contributed by atoms with van der Waals surface area (Å²) in [5.41, 5.74) is 1.32. The van der Waals surface area contributed by atoms with E-state index < -0.39 is 6.09 Å². The molecule has 0 bridgehead atoms. The second-order valence-electron chi connectivity index (χ2n) is 5.39. The highest BCUT2D eigenvalue weighted by Crippen LogP contribution is 2.24. The number of aromatic hydroxyl groups is 1. The third-order valence-electron chi connectivity index (χ3n) is 4.09. The standard InChI is InChI=1S/C15H17N3O4/c1-16-12-9-11(19)3-2-10(12)8-13(16)14(20)17-4-6-18(7-5-17)15(21)22/h2-3,8-9,19H,4-7H2,1H3,(H,21,22). The third kappa shape index (κ3) is 2.34. The molecule has 1 fully saturated rings. The van der Waals surface area contributed by atoms with Crippen LogP contribution in [0.15, 0.2) is 24.3 Å². The second kappa shape index (κ2) is 5.25. The predicted octanol–water partition coefficient (Wildman–Crippen LogP) is 1.32. The van der Waals surface area contributed by atoms with E-state index in [1.165, 1.54) is 4.90 Å². The molecule has 0 spiro atoms. The molecule has 0 atom stereocenters. The van der Waals surface area contributed by atoms with E-state index in [1.807, 2.05) is 0 Å². The van der Waals surface area contributed by atoms with Crippen LogP contribution >= 0.6 is 0 Å². The van der Waals surface area contributed by atoms with E-state index in [0.717, 1.165) is 10.9 Å². The van der Waals surface area contributed by atoms with Crippen LogP contribution in [0, 0.1) is 0 Å². The molecule has 7 nitrogen and oxygen atoms in total. The van der Waals surface area contributed by atoms with Gasteiger partial charge in [0.25, 0.3) is 5.91 Å². The van der Waals surface area contributed by atoms with Crippen molar-refractivity contribution in [3.63, 3.8) is 0 Å². The predicted molar refractivity (Wildman–Crippen MR) is 80.1 cm³/mol. The Morgan fingerprint density at radius 3 is 2.32 bits per heavy atom. The molecule has 7 heteroatoms. The number of aromatic nitrogens is 1. The van der Waals surface area contributed by atoms with Crippen molar-refractivity contribution in [3.8, 4) is 5.75 Å². The Morgan fingerprint density at radius 1 is 1.05 bits per heavy atom. The lowest BCUT2D eigenvalue weighted by Crippen LogP contribution is -2.50. The number of fused-ring (bicyclic) bond motifs is 1. The fraction of sp³-hybridized carbons (Fsp3) is 0.333. The number of carbonyl (C=O) groups is 2. The summed E-state index contributed by atoms with van der Waals surface area (Å²) >= 11 is 0. The van der Waals surface area contributed by atoms with Gasteiger partial charge in [-0.25, -0.2) is 4.79 Å². The number of benzene rings is 1. The van der Waals surface area contributed by atoms with Crippen LogP contribution in [-0.4, -0.2) is 62.8 Å². The van der Waals surface area contributed by atoms with Gasteiger partial charge in [0.15, 0.2) is 0 Å². The van der Waals surface area contributed by atoms with Gasteiger partial charge in [-0.05, 0) is 18.2 Å². The van der Waals surface area contributed by atoms with Crippen molar-refractivity contribution in [2.45, 2.75) is 0 Å². The van der Waals surface area contributed by atoms with E-state index >= 15 is 0 Å². The summed E-state index contributed by atoms with van der Waals surface area (Å²) < 4.78 is 1.75. The number of amides is 2. The number of aryl methyl sites for hydroxylation is 1. The minimum Gasteiger partial charge on any atom is -0.508 e. The number of rotatable bonds is 1.